The van der Waals surface area contributed by atoms with Gasteiger partial charge in [0.1, 0.15) is 10.8 Å². The number of hydrogen-bond acceptors (Lipinski definition) is 6. The number of nitrogens with one attached hydrogen (secondary N) is 1. The number of thiazole rings is 1. The first-order chi connectivity index (χ1) is 13.2. The lowest BCUT2D eigenvalue weighted by atomic mass is 10.2. The van der Waals surface area contributed by atoms with Gasteiger partial charge in [0.25, 0.3) is 6.01 Å². The highest BCUT2D eigenvalue weighted by Crippen LogP contribution is 2.29. The summed E-state index contributed by atoms with van der Waals surface area (Å²) in [6.45, 7) is 2.04. The summed E-state index contributed by atoms with van der Waals surface area (Å²) in [6.07, 6.45) is 1.71. The average molecular weight is 377 g/mol. The van der Waals surface area contributed by atoms with Crippen molar-refractivity contribution in [2.75, 3.05) is 12.4 Å². The van der Waals surface area contributed by atoms with Crippen LogP contribution in [0.2, 0.25) is 0 Å². The molecule has 0 amide bonds. The summed E-state index contributed by atoms with van der Waals surface area (Å²) in [4.78, 5) is 9.07. The molecule has 1 unspecified atom stereocenters. The third kappa shape index (κ3) is 3.85. The van der Waals surface area contributed by atoms with Gasteiger partial charge < -0.3 is 14.5 Å². The summed E-state index contributed by atoms with van der Waals surface area (Å²) < 4.78 is 11.1. The maximum absolute atomic E-state index is 5.85. The zero-order valence-electron chi connectivity index (χ0n) is 15.0. The molecule has 0 radical (unpaired) electrons. The molecule has 5 nitrogen and oxygen atoms in total. The zero-order valence-corrected chi connectivity index (χ0v) is 15.9. The molecule has 2 heterocycles. The van der Waals surface area contributed by atoms with Crippen molar-refractivity contribution in [2.24, 2.45) is 0 Å². The number of nitrogens with zero attached hydrogens (tertiary/aromatic N) is 2. The minimum Gasteiger partial charge on any atom is -0.497 e. The fourth-order valence-electron chi connectivity index (χ4n) is 2.71. The molecular weight excluding hydrogens is 358 g/mol. The van der Waals surface area contributed by atoms with Crippen LogP contribution >= 0.6 is 11.3 Å². The van der Waals surface area contributed by atoms with Crippen LogP contribution in [0.3, 0.4) is 0 Å². The molecule has 0 bridgehead atoms. The van der Waals surface area contributed by atoms with Crippen molar-refractivity contribution in [1.29, 1.82) is 0 Å². The monoisotopic (exact) mass is 377 g/mol. The Morgan fingerprint density at radius 2 is 1.89 bits per heavy atom. The molecule has 0 aliphatic heterocycles. The Balaban J connectivity index is 1.48. The SMILES string of the molecule is COc1cccc(-c2cnc(NC(C)c3csc(-c4ccccc4)n3)o2)c1. The van der Waals surface area contributed by atoms with Gasteiger partial charge in [0, 0.05) is 16.5 Å². The van der Waals surface area contributed by atoms with Crippen LogP contribution in [0.5, 0.6) is 5.75 Å². The summed E-state index contributed by atoms with van der Waals surface area (Å²) in [5.74, 6) is 1.47. The highest BCUT2D eigenvalue weighted by Gasteiger charge is 2.14. The Labute approximate surface area is 161 Å². The number of anilines is 1. The molecule has 136 valence electrons. The van der Waals surface area contributed by atoms with Gasteiger partial charge >= 0.3 is 0 Å². The van der Waals surface area contributed by atoms with Gasteiger partial charge in [-0.15, -0.1) is 11.3 Å². The Morgan fingerprint density at radius 3 is 2.70 bits per heavy atom. The smallest absolute Gasteiger partial charge is 0.295 e. The second-order valence-electron chi connectivity index (χ2n) is 6.07. The van der Waals surface area contributed by atoms with Crippen molar-refractivity contribution in [3.63, 3.8) is 0 Å². The van der Waals surface area contributed by atoms with E-state index in [-0.39, 0.29) is 6.04 Å². The lowest BCUT2D eigenvalue weighted by Gasteiger charge is -2.09. The van der Waals surface area contributed by atoms with E-state index in [2.05, 4.69) is 27.8 Å². The molecule has 6 heteroatoms. The van der Waals surface area contributed by atoms with Crippen molar-refractivity contribution < 1.29 is 9.15 Å². The van der Waals surface area contributed by atoms with Gasteiger partial charge in [-0.25, -0.2) is 9.97 Å². The van der Waals surface area contributed by atoms with Crippen LogP contribution in [-0.2, 0) is 0 Å². The van der Waals surface area contributed by atoms with Crippen LogP contribution in [0.25, 0.3) is 21.9 Å². The van der Waals surface area contributed by atoms with Gasteiger partial charge in [-0.2, -0.15) is 0 Å². The highest BCUT2D eigenvalue weighted by atomic mass is 32.1. The molecule has 0 spiro atoms. The van der Waals surface area contributed by atoms with E-state index in [0.29, 0.717) is 11.8 Å². The second-order valence-corrected chi connectivity index (χ2v) is 6.93. The normalized spacial score (nSPS) is 11.9. The van der Waals surface area contributed by atoms with E-state index in [0.717, 1.165) is 27.6 Å². The van der Waals surface area contributed by atoms with Crippen LogP contribution in [0.4, 0.5) is 6.01 Å². The first-order valence-corrected chi connectivity index (χ1v) is 9.48. The molecule has 0 saturated heterocycles. The topological polar surface area (TPSA) is 60.2 Å². The molecule has 1 N–H and O–H groups in total. The molecule has 27 heavy (non-hydrogen) atoms. The van der Waals surface area contributed by atoms with Crippen molar-refractivity contribution in [3.05, 3.63) is 71.9 Å². The predicted octanol–water partition coefficient (Wildman–Crippen LogP) is 5.65. The van der Waals surface area contributed by atoms with Crippen molar-refractivity contribution in [1.82, 2.24) is 9.97 Å². The van der Waals surface area contributed by atoms with Gasteiger partial charge in [0.2, 0.25) is 0 Å². The minimum atomic E-state index is -0.0180. The number of hydrogen-bond donors (Lipinski definition) is 1. The molecule has 2 aromatic heterocycles. The number of rotatable bonds is 6. The molecule has 0 aliphatic rings. The van der Waals surface area contributed by atoms with Crippen LogP contribution < -0.4 is 10.1 Å². The van der Waals surface area contributed by atoms with E-state index >= 15 is 0 Å². The average Bonchev–Trinajstić information content (AvgIpc) is 3.39. The van der Waals surface area contributed by atoms with Crippen LogP contribution in [0, 0.1) is 0 Å². The van der Waals surface area contributed by atoms with Gasteiger partial charge in [-0.3, -0.25) is 0 Å². The maximum atomic E-state index is 5.85. The standard InChI is InChI=1S/C21H19N3O2S/c1-14(18-13-27-20(24-18)15-7-4-3-5-8-15)23-21-22-12-19(26-21)16-9-6-10-17(11-16)25-2/h3-14H,1-2H3,(H,22,23). The van der Waals surface area contributed by atoms with Gasteiger partial charge in [0.15, 0.2) is 5.76 Å². The number of oxazole rings is 1. The van der Waals surface area contributed by atoms with Crippen molar-refractivity contribution in [2.45, 2.75) is 13.0 Å². The van der Waals surface area contributed by atoms with E-state index in [4.69, 9.17) is 14.1 Å². The maximum Gasteiger partial charge on any atom is 0.295 e. The summed E-state index contributed by atoms with van der Waals surface area (Å²) in [5.41, 5.74) is 3.00. The number of methoxy groups -OCH3 is 1. The predicted molar refractivity (Wildman–Crippen MR) is 108 cm³/mol. The van der Waals surface area contributed by atoms with E-state index in [1.165, 1.54) is 0 Å². The Bertz CT molecular complexity index is 1030. The fourth-order valence-corrected chi connectivity index (χ4v) is 3.63. The molecule has 0 saturated carbocycles. The molecule has 4 rings (SSSR count). The Hall–Kier alpha value is -3.12. The number of benzene rings is 2. The third-order valence-electron chi connectivity index (χ3n) is 4.19. The van der Waals surface area contributed by atoms with Gasteiger partial charge in [0.05, 0.1) is 25.0 Å². The molecule has 0 aliphatic carbocycles. The lowest BCUT2D eigenvalue weighted by molar-refractivity contribution is 0.415. The third-order valence-corrected chi connectivity index (χ3v) is 5.10. The first-order valence-electron chi connectivity index (χ1n) is 8.60. The van der Waals surface area contributed by atoms with Crippen molar-refractivity contribution in [3.8, 4) is 27.6 Å². The second kappa shape index (κ2) is 7.63. The molecular formula is C21H19N3O2S. The molecule has 4 aromatic rings. The largest absolute Gasteiger partial charge is 0.497 e. The van der Waals surface area contributed by atoms with E-state index in [1.807, 2.05) is 49.4 Å². The fraction of sp³-hybridized carbons (Fsp3) is 0.143. The quantitative estimate of drug-likeness (QED) is 0.471. The van der Waals surface area contributed by atoms with Gasteiger partial charge in [-0.05, 0) is 19.1 Å². The Kier molecular flexibility index (Phi) is 4.89. The van der Waals surface area contributed by atoms with E-state index in [1.54, 1.807) is 24.6 Å². The lowest BCUT2D eigenvalue weighted by Crippen LogP contribution is -2.07. The van der Waals surface area contributed by atoms with Crippen LogP contribution in [0.1, 0.15) is 18.7 Å². The first kappa shape index (κ1) is 17.3. The van der Waals surface area contributed by atoms with Crippen molar-refractivity contribution >= 4 is 17.4 Å². The van der Waals surface area contributed by atoms with Crippen LogP contribution in [0.15, 0.2) is 70.6 Å². The van der Waals surface area contributed by atoms with Crippen LogP contribution in [-0.4, -0.2) is 17.1 Å². The Morgan fingerprint density at radius 1 is 1.07 bits per heavy atom. The number of ether oxygens (including phenoxy) is 1. The zero-order chi connectivity index (χ0) is 18.6. The highest BCUT2D eigenvalue weighted by molar-refractivity contribution is 7.13. The summed E-state index contributed by atoms with van der Waals surface area (Å²) >= 11 is 1.63. The summed E-state index contributed by atoms with van der Waals surface area (Å²) in [5, 5.41) is 6.34. The molecule has 2 aromatic carbocycles. The number of aromatic nitrogens is 2. The minimum absolute atomic E-state index is 0.0180. The summed E-state index contributed by atoms with van der Waals surface area (Å²) in [6, 6.07) is 18.3. The van der Waals surface area contributed by atoms with E-state index < -0.39 is 0 Å². The van der Waals surface area contributed by atoms with E-state index in [9.17, 15) is 0 Å². The molecule has 1 atom stereocenters. The molecule has 0 fully saturated rings. The van der Waals surface area contributed by atoms with Gasteiger partial charge in [-0.1, -0.05) is 42.5 Å². The summed E-state index contributed by atoms with van der Waals surface area (Å²) in [7, 11) is 1.64.